The van der Waals surface area contributed by atoms with Gasteiger partial charge in [-0.05, 0) is 36.6 Å². The van der Waals surface area contributed by atoms with Crippen molar-refractivity contribution in [2.75, 3.05) is 11.4 Å². The van der Waals surface area contributed by atoms with E-state index in [9.17, 15) is 10.1 Å². The van der Waals surface area contributed by atoms with E-state index in [4.69, 9.17) is 4.74 Å². The van der Waals surface area contributed by atoms with Crippen molar-refractivity contribution >= 4 is 54.8 Å². The number of nitro groups is 1. The molecule has 0 unspecified atom stereocenters. The Balaban J connectivity index is 1.66. The lowest BCUT2D eigenvalue weighted by Gasteiger charge is -2.23. The van der Waals surface area contributed by atoms with E-state index in [1.54, 1.807) is 17.2 Å². The molecule has 168 valence electrons. The van der Waals surface area contributed by atoms with Crippen LogP contribution in [-0.2, 0) is 0 Å². The Morgan fingerprint density at radius 2 is 1.76 bits per heavy atom. The number of benzene rings is 3. The van der Waals surface area contributed by atoms with Gasteiger partial charge in [0.15, 0.2) is 5.75 Å². The van der Waals surface area contributed by atoms with Crippen LogP contribution in [0.1, 0.15) is 6.92 Å². The van der Waals surface area contributed by atoms with Gasteiger partial charge < -0.3 is 9.64 Å². The van der Waals surface area contributed by atoms with Gasteiger partial charge in [0.05, 0.1) is 10.6 Å². The molecule has 5 aromatic rings. The number of fused-ring (bicyclic) bond motifs is 2. The maximum Gasteiger partial charge on any atom is 0.373 e. The molecule has 9 heteroatoms. The Hall–Kier alpha value is -4.11. The minimum Gasteiger partial charge on any atom is -0.431 e. The van der Waals surface area contributed by atoms with Gasteiger partial charge in [-0.3, -0.25) is 15.1 Å². The number of ether oxygens (including phenoxy) is 1. The van der Waals surface area contributed by atoms with Gasteiger partial charge in [0.1, 0.15) is 11.8 Å². The Morgan fingerprint density at radius 1 is 0.971 bits per heavy atom. The summed E-state index contributed by atoms with van der Waals surface area (Å²) in [6.07, 6.45) is 2.92. The molecule has 5 rings (SSSR count). The van der Waals surface area contributed by atoms with Crippen LogP contribution < -0.4 is 9.64 Å². The molecule has 0 N–H and O–H groups in total. The van der Waals surface area contributed by atoms with E-state index in [0.717, 1.165) is 26.3 Å². The highest BCUT2D eigenvalue weighted by Gasteiger charge is 2.30. The van der Waals surface area contributed by atoms with Crippen molar-refractivity contribution in [2.45, 2.75) is 6.92 Å². The Morgan fingerprint density at radius 3 is 2.59 bits per heavy atom. The summed E-state index contributed by atoms with van der Waals surface area (Å²) in [7, 11) is 0. The molecule has 0 aliphatic rings. The van der Waals surface area contributed by atoms with E-state index in [0.29, 0.717) is 17.8 Å². The third-order valence-corrected chi connectivity index (χ3v) is 6.16. The molecular weight excluding hydrogens is 498 g/mol. The third-order valence-electron chi connectivity index (χ3n) is 5.47. The van der Waals surface area contributed by atoms with Crippen molar-refractivity contribution in [3.63, 3.8) is 0 Å². The second-order valence-electron chi connectivity index (χ2n) is 7.40. The van der Waals surface area contributed by atoms with Gasteiger partial charge in [0.2, 0.25) is 5.82 Å². The molecule has 2 heterocycles. The first kappa shape index (κ1) is 21.7. The van der Waals surface area contributed by atoms with Gasteiger partial charge in [-0.25, -0.2) is 4.98 Å². The number of hydrogen-bond donors (Lipinski definition) is 0. The van der Waals surface area contributed by atoms with E-state index in [-0.39, 0.29) is 17.4 Å². The Labute approximate surface area is 203 Å². The predicted octanol–water partition coefficient (Wildman–Crippen LogP) is 6.80. The van der Waals surface area contributed by atoms with E-state index in [2.05, 4.69) is 30.9 Å². The van der Waals surface area contributed by atoms with Crippen LogP contribution in [0, 0.1) is 10.1 Å². The summed E-state index contributed by atoms with van der Waals surface area (Å²) in [5, 5.41) is 15.1. The average molecular weight is 516 g/mol. The first-order valence-corrected chi connectivity index (χ1v) is 11.3. The molecule has 3 aromatic carbocycles. The zero-order valence-corrected chi connectivity index (χ0v) is 19.6. The molecule has 2 aromatic heterocycles. The molecule has 0 saturated carbocycles. The van der Waals surface area contributed by atoms with Crippen molar-refractivity contribution in [2.24, 2.45) is 0 Å². The minimum absolute atomic E-state index is 0.150. The summed E-state index contributed by atoms with van der Waals surface area (Å²) in [6.45, 7) is 2.37. The van der Waals surface area contributed by atoms with Gasteiger partial charge in [0, 0.05) is 28.0 Å². The topological polar surface area (TPSA) is 94.3 Å². The first-order chi connectivity index (χ1) is 16.6. The maximum atomic E-state index is 12.3. The lowest BCUT2D eigenvalue weighted by Crippen LogP contribution is -2.19. The molecule has 0 saturated heterocycles. The van der Waals surface area contributed by atoms with Crippen LogP contribution >= 0.6 is 15.9 Å². The van der Waals surface area contributed by atoms with Crippen molar-refractivity contribution in [1.82, 2.24) is 15.0 Å². The number of nitrogens with zero attached hydrogens (tertiary/aromatic N) is 5. The van der Waals surface area contributed by atoms with Crippen LogP contribution in [0.2, 0.25) is 0 Å². The van der Waals surface area contributed by atoms with Gasteiger partial charge in [-0.2, -0.15) is 4.98 Å². The van der Waals surface area contributed by atoms with Crippen LogP contribution in [0.3, 0.4) is 0 Å². The van der Waals surface area contributed by atoms with Crippen LogP contribution in [0.15, 0.2) is 83.7 Å². The lowest BCUT2D eigenvalue weighted by atomic mass is 10.1. The second-order valence-corrected chi connectivity index (χ2v) is 8.25. The SMILES string of the molecule is CCN(c1ncnc(Oc2ccc(Br)c3cccnc23)c1[N+](=O)[O-])c1cccc2ccccc12. The fourth-order valence-electron chi connectivity index (χ4n) is 3.96. The smallest absolute Gasteiger partial charge is 0.373 e. The van der Waals surface area contributed by atoms with Gasteiger partial charge >= 0.3 is 11.6 Å². The Bertz CT molecular complexity index is 1540. The number of anilines is 2. The van der Waals surface area contributed by atoms with E-state index in [1.807, 2.05) is 67.6 Å². The largest absolute Gasteiger partial charge is 0.431 e. The van der Waals surface area contributed by atoms with E-state index < -0.39 is 4.92 Å². The molecule has 0 bridgehead atoms. The molecule has 34 heavy (non-hydrogen) atoms. The number of pyridine rings is 1. The van der Waals surface area contributed by atoms with Crippen LogP contribution in [0.5, 0.6) is 11.6 Å². The zero-order chi connectivity index (χ0) is 23.7. The van der Waals surface area contributed by atoms with Crippen molar-refractivity contribution in [3.8, 4) is 11.6 Å². The molecule has 0 fully saturated rings. The first-order valence-electron chi connectivity index (χ1n) is 10.5. The highest BCUT2D eigenvalue weighted by molar-refractivity contribution is 9.10. The third kappa shape index (κ3) is 3.80. The average Bonchev–Trinajstić information content (AvgIpc) is 2.86. The van der Waals surface area contributed by atoms with Gasteiger partial charge in [0.25, 0.3) is 0 Å². The quantitative estimate of drug-likeness (QED) is 0.181. The molecule has 0 spiro atoms. The van der Waals surface area contributed by atoms with Gasteiger partial charge in [-0.15, -0.1) is 0 Å². The number of halogens is 1. The Kier molecular flexibility index (Phi) is 5.77. The number of aromatic nitrogens is 3. The molecule has 0 amide bonds. The lowest BCUT2D eigenvalue weighted by molar-refractivity contribution is -0.385. The fourth-order valence-corrected chi connectivity index (χ4v) is 4.41. The van der Waals surface area contributed by atoms with E-state index >= 15 is 0 Å². The predicted molar refractivity (Wildman–Crippen MR) is 135 cm³/mol. The molecular formula is C25H18BrN5O3. The van der Waals surface area contributed by atoms with Crippen molar-refractivity contribution in [1.29, 1.82) is 0 Å². The van der Waals surface area contributed by atoms with Crippen molar-refractivity contribution in [3.05, 3.63) is 93.8 Å². The highest BCUT2D eigenvalue weighted by Crippen LogP contribution is 2.42. The second kappa shape index (κ2) is 9.03. The molecule has 0 radical (unpaired) electrons. The highest BCUT2D eigenvalue weighted by atomic mass is 79.9. The summed E-state index contributed by atoms with van der Waals surface area (Å²) in [6, 6.07) is 20.9. The zero-order valence-electron chi connectivity index (χ0n) is 18.1. The normalized spacial score (nSPS) is 11.0. The van der Waals surface area contributed by atoms with Crippen LogP contribution in [0.4, 0.5) is 17.2 Å². The van der Waals surface area contributed by atoms with Crippen LogP contribution in [0.25, 0.3) is 21.7 Å². The monoisotopic (exact) mass is 515 g/mol. The maximum absolute atomic E-state index is 12.3. The minimum atomic E-state index is -0.507. The number of rotatable bonds is 6. The van der Waals surface area contributed by atoms with Gasteiger partial charge in [-0.1, -0.05) is 58.4 Å². The summed E-state index contributed by atoms with van der Waals surface area (Å²) in [4.78, 5) is 26.4. The summed E-state index contributed by atoms with van der Waals surface area (Å²) in [5.74, 6) is 0.367. The van der Waals surface area contributed by atoms with Crippen LogP contribution in [-0.4, -0.2) is 26.4 Å². The summed E-state index contributed by atoms with van der Waals surface area (Å²) in [5.41, 5.74) is 1.06. The summed E-state index contributed by atoms with van der Waals surface area (Å²) >= 11 is 3.50. The molecule has 8 nitrogen and oxygen atoms in total. The molecule has 0 aliphatic heterocycles. The number of hydrogen-bond acceptors (Lipinski definition) is 7. The summed E-state index contributed by atoms with van der Waals surface area (Å²) < 4.78 is 6.84. The van der Waals surface area contributed by atoms with Crippen molar-refractivity contribution < 1.29 is 9.66 Å². The van der Waals surface area contributed by atoms with E-state index in [1.165, 1.54) is 6.33 Å². The molecule has 0 atom stereocenters. The molecule has 0 aliphatic carbocycles. The fraction of sp³-hybridized carbons (Fsp3) is 0.0800. The standard InChI is InChI=1S/C25H18BrN5O3/c1-2-30(20-11-5-8-16-7-3-4-9-17(16)20)24-23(31(32)33)25(29-15-28-24)34-21-13-12-19(26)18-10-6-14-27-22(18)21/h3-15H,2H2,1H3.